The Morgan fingerprint density at radius 3 is 2.81 bits per heavy atom. The number of benzene rings is 1. The van der Waals surface area contributed by atoms with Crippen LogP contribution in [0.25, 0.3) is 11.6 Å². The highest BCUT2D eigenvalue weighted by atomic mass is 19.1. The van der Waals surface area contributed by atoms with Crippen LogP contribution in [-0.4, -0.2) is 39.0 Å². The molecule has 1 fully saturated rings. The molecule has 3 aromatic rings. The van der Waals surface area contributed by atoms with Gasteiger partial charge < -0.3 is 9.42 Å². The molecule has 132 valence electrons. The van der Waals surface area contributed by atoms with Crippen LogP contribution in [0.3, 0.4) is 0 Å². The molecule has 6 nitrogen and oxygen atoms in total. The van der Waals surface area contributed by atoms with Crippen LogP contribution in [0.4, 0.5) is 4.39 Å². The average molecular weight is 352 g/mol. The number of nitrogens with zero attached hydrogens (tertiary/aromatic N) is 4. The lowest BCUT2D eigenvalue weighted by Gasteiger charge is -2.31. The largest absolute Gasteiger partial charge is 0.338 e. The number of rotatable bonds is 3. The molecule has 0 aliphatic carbocycles. The molecule has 2 aromatic heterocycles. The highest BCUT2D eigenvalue weighted by Crippen LogP contribution is 2.27. The average Bonchev–Trinajstić information content (AvgIpc) is 3.19. The quantitative estimate of drug-likeness (QED) is 0.723. The van der Waals surface area contributed by atoms with Crippen molar-refractivity contribution in [3.63, 3.8) is 0 Å². The summed E-state index contributed by atoms with van der Waals surface area (Å²) in [5, 5.41) is 4.08. The maximum absolute atomic E-state index is 13.1. The minimum Gasteiger partial charge on any atom is -0.338 e. The normalized spacial score (nSPS) is 17.3. The first-order valence-electron chi connectivity index (χ1n) is 8.50. The topological polar surface area (TPSA) is 72.1 Å². The maximum atomic E-state index is 13.1. The summed E-state index contributed by atoms with van der Waals surface area (Å²) in [6.07, 6.45) is 3.41. The van der Waals surface area contributed by atoms with Crippen LogP contribution < -0.4 is 0 Å². The van der Waals surface area contributed by atoms with E-state index in [0.717, 1.165) is 12.8 Å². The fraction of sp³-hybridized carbons (Fsp3) is 0.263. The molecule has 0 saturated carbocycles. The third-order valence-electron chi connectivity index (χ3n) is 4.49. The lowest BCUT2D eigenvalue weighted by atomic mass is 9.96. The molecule has 0 radical (unpaired) electrons. The van der Waals surface area contributed by atoms with E-state index >= 15 is 0 Å². The molecular formula is C19H17FN4O2. The summed E-state index contributed by atoms with van der Waals surface area (Å²) in [5.74, 6) is 0.509. The SMILES string of the molecule is O=C(c1ccc(F)cc1)N1CCC[C@H](c2noc(-c3ccccn3)n2)C1. The Morgan fingerprint density at radius 1 is 1.19 bits per heavy atom. The first kappa shape index (κ1) is 16.4. The van der Waals surface area contributed by atoms with Gasteiger partial charge in [0.2, 0.25) is 0 Å². The van der Waals surface area contributed by atoms with Crippen LogP contribution in [0.2, 0.25) is 0 Å². The summed E-state index contributed by atoms with van der Waals surface area (Å²) < 4.78 is 18.4. The van der Waals surface area contributed by atoms with Crippen molar-refractivity contribution >= 4 is 5.91 Å². The van der Waals surface area contributed by atoms with Gasteiger partial charge in [0.25, 0.3) is 11.8 Å². The predicted molar refractivity (Wildman–Crippen MR) is 91.8 cm³/mol. The van der Waals surface area contributed by atoms with Crippen molar-refractivity contribution in [1.82, 2.24) is 20.0 Å². The van der Waals surface area contributed by atoms with E-state index in [9.17, 15) is 9.18 Å². The van der Waals surface area contributed by atoms with E-state index in [-0.39, 0.29) is 17.6 Å². The standard InChI is InChI=1S/C19H17FN4O2/c20-15-8-6-13(7-9-15)19(25)24-11-3-4-14(12-24)17-22-18(26-23-17)16-5-1-2-10-21-16/h1-2,5-10,14H,3-4,11-12H2/t14-/m0/s1. The Hall–Kier alpha value is -3.09. The number of pyridine rings is 1. The molecule has 1 amide bonds. The zero-order valence-corrected chi connectivity index (χ0v) is 14.0. The van der Waals surface area contributed by atoms with Crippen LogP contribution in [0, 0.1) is 5.82 Å². The van der Waals surface area contributed by atoms with Crippen molar-refractivity contribution in [2.24, 2.45) is 0 Å². The molecule has 0 unspecified atom stereocenters. The van der Waals surface area contributed by atoms with Crippen LogP contribution in [0.5, 0.6) is 0 Å². The van der Waals surface area contributed by atoms with Crippen molar-refractivity contribution in [2.45, 2.75) is 18.8 Å². The number of carbonyl (C=O) groups excluding carboxylic acids is 1. The fourth-order valence-corrected chi connectivity index (χ4v) is 3.14. The third-order valence-corrected chi connectivity index (χ3v) is 4.49. The summed E-state index contributed by atoms with van der Waals surface area (Å²) in [6, 6.07) is 11.1. The Kier molecular flexibility index (Phi) is 4.43. The second-order valence-electron chi connectivity index (χ2n) is 6.27. The van der Waals surface area contributed by atoms with Crippen LogP contribution >= 0.6 is 0 Å². The van der Waals surface area contributed by atoms with Gasteiger partial charge in [-0.25, -0.2) is 4.39 Å². The van der Waals surface area contributed by atoms with Crippen LogP contribution in [0.1, 0.15) is 34.9 Å². The number of halogens is 1. The molecule has 1 aliphatic heterocycles. The van der Waals surface area contributed by atoms with Gasteiger partial charge in [-0.2, -0.15) is 4.98 Å². The van der Waals surface area contributed by atoms with Gasteiger partial charge in [-0.15, -0.1) is 0 Å². The number of aromatic nitrogens is 3. The molecule has 4 rings (SSSR count). The van der Waals surface area contributed by atoms with Gasteiger partial charge in [-0.05, 0) is 49.2 Å². The predicted octanol–water partition coefficient (Wildman–Crippen LogP) is 3.29. The summed E-state index contributed by atoms with van der Waals surface area (Å²) in [5.41, 5.74) is 1.11. The van der Waals surface area contributed by atoms with E-state index in [1.807, 2.05) is 18.2 Å². The molecular weight excluding hydrogens is 335 g/mol. The molecule has 3 heterocycles. The minimum absolute atomic E-state index is 0.00867. The first-order valence-corrected chi connectivity index (χ1v) is 8.50. The summed E-state index contributed by atoms with van der Waals surface area (Å²) in [7, 11) is 0. The molecule has 1 aliphatic rings. The van der Waals surface area contributed by atoms with Crippen molar-refractivity contribution in [3.8, 4) is 11.6 Å². The van der Waals surface area contributed by atoms with E-state index in [0.29, 0.717) is 36.1 Å². The third kappa shape index (κ3) is 3.33. The molecule has 26 heavy (non-hydrogen) atoms. The van der Waals surface area contributed by atoms with E-state index in [4.69, 9.17) is 4.52 Å². The zero-order valence-electron chi connectivity index (χ0n) is 14.0. The Labute approximate surface area is 149 Å². The number of piperidine rings is 1. The molecule has 0 N–H and O–H groups in total. The van der Waals surface area contributed by atoms with Gasteiger partial charge in [0.05, 0.1) is 0 Å². The van der Waals surface area contributed by atoms with E-state index in [1.54, 1.807) is 11.1 Å². The number of hydrogen-bond acceptors (Lipinski definition) is 5. The van der Waals surface area contributed by atoms with Crippen molar-refractivity contribution in [2.75, 3.05) is 13.1 Å². The summed E-state index contributed by atoms with van der Waals surface area (Å²) in [6.45, 7) is 1.18. The summed E-state index contributed by atoms with van der Waals surface area (Å²) in [4.78, 5) is 23.1. The molecule has 1 atom stereocenters. The number of hydrogen-bond donors (Lipinski definition) is 0. The second-order valence-corrected chi connectivity index (χ2v) is 6.27. The first-order chi connectivity index (χ1) is 12.7. The second kappa shape index (κ2) is 7.03. The number of likely N-dealkylation sites (tertiary alicyclic amines) is 1. The van der Waals surface area contributed by atoms with E-state index in [2.05, 4.69) is 15.1 Å². The Balaban J connectivity index is 1.49. The van der Waals surface area contributed by atoms with Gasteiger partial charge >= 0.3 is 0 Å². The Bertz CT molecular complexity index is 895. The van der Waals surface area contributed by atoms with Gasteiger partial charge in [0, 0.05) is 30.8 Å². The molecule has 1 saturated heterocycles. The van der Waals surface area contributed by atoms with Crippen LogP contribution in [-0.2, 0) is 0 Å². The molecule has 7 heteroatoms. The zero-order chi connectivity index (χ0) is 17.9. The minimum atomic E-state index is -0.355. The van der Waals surface area contributed by atoms with Gasteiger partial charge in [-0.1, -0.05) is 11.2 Å². The highest BCUT2D eigenvalue weighted by Gasteiger charge is 2.28. The van der Waals surface area contributed by atoms with Crippen LogP contribution in [0.15, 0.2) is 53.2 Å². The molecule has 0 bridgehead atoms. The molecule has 1 aromatic carbocycles. The summed E-state index contributed by atoms with van der Waals surface area (Å²) >= 11 is 0. The van der Waals surface area contributed by atoms with Gasteiger partial charge in [-0.3, -0.25) is 9.78 Å². The van der Waals surface area contributed by atoms with E-state index in [1.165, 1.54) is 24.3 Å². The van der Waals surface area contributed by atoms with Gasteiger partial charge in [0.15, 0.2) is 5.82 Å². The number of amides is 1. The maximum Gasteiger partial charge on any atom is 0.276 e. The lowest BCUT2D eigenvalue weighted by Crippen LogP contribution is -2.39. The molecule has 0 spiro atoms. The van der Waals surface area contributed by atoms with Crippen molar-refractivity contribution in [1.29, 1.82) is 0 Å². The van der Waals surface area contributed by atoms with Crippen molar-refractivity contribution in [3.05, 3.63) is 65.9 Å². The van der Waals surface area contributed by atoms with Crippen molar-refractivity contribution < 1.29 is 13.7 Å². The number of carbonyl (C=O) groups is 1. The fourth-order valence-electron chi connectivity index (χ4n) is 3.14. The Morgan fingerprint density at radius 2 is 2.04 bits per heavy atom. The van der Waals surface area contributed by atoms with Gasteiger partial charge in [0.1, 0.15) is 11.5 Å². The smallest absolute Gasteiger partial charge is 0.276 e. The highest BCUT2D eigenvalue weighted by molar-refractivity contribution is 5.94. The lowest BCUT2D eigenvalue weighted by molar-refractivity contribution is 0.0703. The monoisotopic (exact) mass is 352 g/mol. The van der Waals surface area contributed by atoms with E-state index < -0.39 is 0 Å².